The van der Waals surface area contributed by atoms with Gasteiger partial charge >= 0.3 is 0 Å². The Morgan fingerprint density at radius 1 is 1.15 bits per heavy atom. The molecule has 8 nitrogen and oxygen atoms in total. The quantitative estimate of drug-likeness (QED) is 0.354. The molecule has 0 amide bonds. The molecule has 3 aromatic rings. The van der Waals surface area contributed by atoms with Gasteiger partial charge in [0.15, 0.2) is 0 Å². The number of hydrogen-bond donors (Lipinski definition) is 2. The fourth-order valence-electron chi connectivity index (χ4n) is 2.65. The summed E-state index contributed by atoms with van der Waals surface area (Å²) in [6.45, 7) is 4.22. The summed E-state index contributed by atoms with van der Waals surface area (Å²) in [6, 6.07) is 9.55. The molecular formula is C17H18N4O4S2. The van der Waals surface area contributed by atoms with Gasteiger partial charge in [-0.1, -0.05) is 0 Å². The predicted molar refractivity (Wildman–Crippen MR) is 106 cm³/mol. The van der Waals surface area contributed by atoms with Gasteiger partial charge in [-0.25, -0.2) is 18.1 Å². The lowest BCUT2D eigenvalue weighted by Crippen LogP contribution is -2.29. The number of anilines is 1. The summed E-state index contributed by atoms with van der Waals surface area (Å²) >= 11 is 1.45. The maximum atomic E-state index is 12.3. The Labute approximate surface area is 160 Å². The molecule has 0 saturated carbocycles. The van der Waals surface area contributed by atoms with E-state index < -0.39 is 14.9 Å². The number of hydrogen-bond acceptors (Lipinski definition) is 7. The molecule has 2 heterocycles. The Hall–Kier alpha value is -2.56. The molecule has 10 heteroatoms. The van der Waals surface area contributed by atoms with Crippen molar-refractivity contribution in [2.24, 2.45) is 0 Å². The van der Waals surface area contributed by atoms with Gasteiger partial charge in [-0.05, 0) is 38.1 Å². The molecule has 0 bridgehead atoms. The van der Waals surface area contributed by atoms with E-state index in [-0.39, 0.29) is 12.2 Å². The molecule has 0 atom stereocenters. The van der Waals surface area contributed by atoms with Crippen molar-refractivity contribution >= 4 is 43.8 Å². The second-order valence-corrected chi connectivity index (χ2v) is 9.13. The van der Waals surface area contributed by atoms with Crippen molar-refractivity contribution in [2.45, 2.75) is 18.7 Å². The maximum Gasteiger partial charge on any atom is 0.270 e. The molecule has 1 aromatic carbocycles. The molecule has 0 aliphatic heterocycles. The van der Waals surface area contributed by atoms with Crippen molar-refractivity contribution in [1.82, 2.24) is 9.71 Å². The van der Waals surface area contributed by atoms with Gasteiger partial charge in [-0.3, -0.25) is 10.1 Å². The summed E-state index contributed by atoms with van der Waals surface area (Å²) in [7, 11) is -3.54. The third-order valence-corrected chi connectivity index (χ3v) is 6.57. The van der Waals surface area contributed by atoms with E-state index in [9.17, 15) is 18.5 Å². The van der Waals surface area contributed by atoms with Crippen molar-refractivity contribution < 1.29 is 13.3 Å². The Bertz CT molecular complexity index is 1110. The lowest BCUT2D eigenvalue weighted by atomic mass is 10.2. The number of nitrogens with zero attached hydrogens (tertiary/aromatic N) is 2. The number of non-ortho nitro benzene ring substituents is 1. The topological polar surface area (TPSA) is 114 Å². The number of sulfonamides is 1. The normalized spacial score (nSPS) is 11.6. The van der Waals surface area contributed by atoms with Gasteiger partial charge in [0.05, 0.1) is 15.3 Å². The number of nitro benzene ring substituents is 1. The zero-order valence-electron chi connectivity index (χ0n) is 14.7. The molecule has 142 valence electrons. The largest absolute Gasteiger partial charge is 0.369 e. The molecule has 3 rings (SSSR count). The highest BCUT2D eigenvalue weighted by Crippen LogP contribution is 2.24. The number of thiophene rings is 1. The second-order valence-electron chi connectivity index (χ2n) is 5.93. The molecule has 2 aromatic heterocycles. The van der Waals surface area contributed by atoms with Crippen LogP contribution < -0.4 is 10.0 Å². The number of pyridine rings is 1. The first-order chi connectivity index (χ1) is 12.8. The van der Waals surface area contributed by atoms with Crippen LogP contribution in [-0.2, 0) is 10.0 Å². The van der Waals surface area contributed by atoms with E-state index in [4.69, 9.17) is 0 Å². The van der Waals surface area contributed by atoms with Gasteiger partial charge < -0.3 is 5.32 Å². The van der Waals surface area contributed by atoms with Gasteiger partial charge in [0.1, 0.15) is 5.82 Å². The predicted octanol–water partition coefficient (Wildman–Crippen LogP) is 3.21. The third kappa shape index (κ3) is 4.41. The molecule has 0 aliphatic carbocycles. The van der Waals surface area contributed by atoms with E-state index in [1.807, 2.05) is 6.92 Å². The fourth-order valence-corrected chi connectivity index (χ4v) is 5.24. The van der Waals surface area contributed by atoms with Crippen molar-refractivity contribution in [3.63, 3.8) is 0 Å². The number of benzene rings is 1. The minimum absolute atomic E-state index is 0.0124. The zero-order valence-corrected chi connectivity index (χ0v) is 16.4. The van der Waals surface area contributed by atoms with Gasteiger partial charge in [-0.2, -0.15) is 0 Å². The van der Waals surface area contributed by atoms with E-state index in [0.717, 1.165) is 9.75 Å². The van der Waals surface area contributed by atoms with Crippen molar-refractivity contribution in [2.75, 3.05) is 18.4 Å². The van der Waals surface area contributed by atoms with Crippen LogP contribution in [0.4, 0.5) is 11.5 Å². The van der Waals surface area contributed by atoms with Crippen LogP contribution in [0, 0.1) is 24.0 Å². The SMILES string of the molecule is Cc1cc(S(=O)(=O)NCCNc2ccc3cc([N+](=O)[O-])ccc3n2)c(C)s1. The van der Waals surface area contributed by atoms with Gasteiger partial charge in [0, 0.05) is 40.4 Å². The molecule has 0 aliphatic rings. The Morgan fingerprint density at radius 2 is 1.93 bits per heavy atom. The number of rotatable bonds is 7. The zero-order chi connectivity index (χ0) is 19.6. The summed E-state index contributed by atoms with van der Waals surface area (Å²) < 4.78 is 27.2. The lowest BCUT2D eigenvalue weighted by Gasteiger charge is -2.09. The smallest absolute Gasteiger partial charge is 0.270 e. The van der Waals surface area contributed by atoms with E-state index in [2.05, 4.69) is 15.0 Å². The first-order valence-electron chi connectivity index (χ1n) is 8.12. The van der Waals surface area contributed by atoms with Crippen LogP contribution in [0.5, 0.6) is 0 Å². The van der Waals surface area contributed by atoms with Crippen LogP contribution in [0.3, 0.4) is 0 Å². The Kier molecular flexibility index (Phi) is 5.40. The van der Waals surface area contributed by atoms with Gasteiger partial charge in [0.25, 0.3) is 5.69 Å². The summed E-state index contributed by atoms with van der Waals surface area (Å²) in [6.07, 6.45) is 0. The van der Waals surface area contributed by atoms with E-state index in [1.54, 1.807) is 31.2 Å². The van der Waals surface area contributed by atoms with E-state index in [1.165, 1.54) is 23.5 Å². The third-order valence-electron chi connectivity index (χ3n) is 3.89. The highest BCUT2D eigenvalue weighted by atomic mass is 32.2. The highest BCUT2D eigenvalue weighted by Gasteiger charge is 2.18. The summed E-state index contributed by atoms with van der Waals surface area (Å²) in [5, 5.41) is 14.5. The number of aromatic nitrogens is 1. The molecule has 0 fully saturated rings. The Balaban J connectivity index is 1.61. The average molecular weight is 406 g/mol. The van der Waals surface area contributed by atoms with Crippen molar-refractivity contribution in [1.29, 1.82) is 0 Å². The highest BCUT2D eigenvalue weighted by molar-refractivity contribution is 7.89. The molecule has 2 N–H and O–H groups in total. The fraction of sp³-hybridized carbons (Fsp3) is 0.235. The van der Waals surface area contributed by atoms with Crippen LogP contribution in [0.25, 0.3) is 10.9 Å². The monoisotopic (exact) mass is 406 g/mol. The minimum Gasteiger partial charge on any atom is -0.369 e. The van der Waals surface area contributed by atoms with Gasteiger partial charge in [-0.15, -0.1) is 11.3 Å². The molecule has 0 radical (unpaired) electrons. The van der Waals surface area contributed by atoms with E-state index in [0.29, 0.717) is 28.2 Å². The molecule has 0 spiro atoms. The number of nitrogens with one attached hydrogen (secondary N) is 2. The first kappa shape index (κ1) is 19.2. The van der Waals surface area contributed by atoms with Crippen molar-refractivity contribution in [3.05, 3.63) is 56.3 Å². The number of nitro groups is 1. The lowest BCUT2D eigenvalue weighted by molar-refractivity contribution is -0.384. The first-order valence-corrected chi connectivity index (χ1v) is 10.4. The Morgan fingerprint density at radius 3 is 2.59 bits per heavy atom. The van der Waals surface area contributed by atoms with Crippen molar-refractivity contribution in [3.8, 4) is 0 Å². The van der Waals surface area contributed by atoms with Gasteiger partial charge in [0.2, 0.25) is 10.0 Å². The van der Waals surface area contributed by atoms with Crippen LogP contribution >= 0.6 is 11.3 Å². The minimum atomic E-state index is -3.54. The molecule has 0 saturated heterocycles. The van der Waals surface area contributed by atoms with Crippen LogP contribution in [0.2, 0.25) is 0 Å². The summed E-state index contributed by atoms with van der Waals surface area (Å²) in [5.74, 6) is 0.568. The number of fused-ring (bicyclic) bond motifs is 1. The maximum absolute atomic E-state index is 12.3. The molecule has 0 unspecified atom stereocenters. The van der Waals surface area contributed by atoms with E-state index >= 15 is 0 Å². The summed E-state index contributed by atoms with van der Waals surface area (Å²) in [5.41, 5.74) is 0.633. The van der Waals surface area contributed by atoms with Crippen LogP contribution in [0.1, 0.15) is 9.75 Å². The second kappa shape index (κ2) is 7.59. The summed E-state index contributed by atoms with van der Waals surface area (Å²) in [4.78, 5) is 16.8. The standard InChI is InChI=1S/C17H18N4O4S2/c1-11-9-16(12(2)26-11)27(24,25)19-8-7-18-17-6-3-13-10-14(21(22)23)4-5-15(13)20-17/h3-6,9-10,19H,7-8H2,1-2H3,(H,18,20). The molecular weight excluding hydrogens is 388 g/mol. The van der Waals surface area contributed by atoms with Crippen LogP contribution in [-0.4, -0.2) is 31.4 Å². The number of aryl methyl sites for hydroxylation is 2. The average Bonchev–Trinajstić information content (AvgIpc) is 2.97. The van der Waals surface area contributed by atoms with Crippen LogP contribution in [0.15, 0.2) is 41.3 Å². The molecule has 27 heavy (non-hydrogen) atoms.